The maximum absolute atomic E-state index is 11.9. The summed E-state index contributed by atoms with van der Waals surface area (Å²) in [6.45, 7) is 1.34. The molecule has 0 radical (unpaired) electrons. The summed E-state index contributed by atoms with van der Waals surface area (Å²) >= 11 is 0. The Morgan fingerprint density at radius 3 is 2.79 bits per heavy atom. The molecule has 1 aromatic heterocycles. The zero-order valence-electron chi connectivity index (χ0n) is 7.84. The van der Waals surface area contributed by atoms with Crippen LogP contribution in [0.1, 0.15) is 11.3 Å². The van der Waals surface area contributed by atoms with E-state index in [0.717, 1.165) is 0 Å². The van der Waals surface area contributed by atoms with E-state index in [1.54, 1.807) is 19.1 Å². The fraction of sp³-hybridized carbons (Fsp3) is 0.444. The van der Waals surface area contributed by atoms with Gasteiger partial charge in [0.1, 0.15) is 0 Å². The molecule has 0 saturated carbocycles. The van der Waals surface area contributed by atoms with Gasteiger partial charge in [-0.2, -0.15) is 0 Å². The van der Waals surface area contributed by atoms with Crippen LogP contribution in [0.3, 0.4) is 0 Å². The van der Waals surface area contributed by atoms with Gasteiger partial charge in [-0.15, -0.1) is 0 Å². The molecule has 0 spiro atoms. The molecule has 0 aliphatic carbocycles. The molecular weight excluding hydrogens is 190 g/mol. The van der Waals surface area contributed by atoms with E-state index >= 15 is 0 Å². The number of ether oxygens (including phenoxy) is 1. The second-order valence-corrected chi connectivity index (χ2v) is 2.82. The predicted molar refractivity (Wildman–Crippen MR) is 48.4 cm³/mol. The highest BCUT2D eigenvalue weighted by atomic mass is 19.3. The van der Waals surface area contributed by atoms with E-state index in [1.165, 1.54) is 0 Å². The molecule has 3 nitrogen and oxygen atoms in total. The molecule has 0 amide bonds. The Balaban J connectivity index is 2.77. The lowest BCUT2D eigenvalue weighted by Crippen LogP contribution is -2.11. The quantitative estimate of drug-likeness (QED) is 0.804. The molecule has 0 aromatic carbocycles. The highest BCUT2D eigenvalue weighted by molar-refractivity contribution is 5.27. The van der Waals surface area contributed by atoms with Gasteiger partial charge < -0.3 is 10.5 Å². The van der Waals surface area contributed by atoms with Gasteiger partial charge in [0.25, 0.3) is 6.43 Å². The third-order valence-electron chi connectivity index (χ3n) is 1.64. The van der Waals surface area contributed by atoms with Gasteiger partial charge in [0.15, 0.2) is 6.61 Å². The van der Waals surface area contributed by atoms with Crippen LogP contribution in [0.25, 0.3) is 0 Å². The van der Waals surface area contributed by atoms with E-state index in [2.05, 4.69) is 4.98 Å². The van der Waals surface area contributed by atoms with Crippen LogP contribution in [0, 0.1) is 6.92 Å². The Morgan fingerprint density at radius 2 is 2.21 bits per heavy atom. The summed E-state index contributed by atoms with van der Waals surface area (Å²) in [5, 5.41) is 0. The molecule has 0 bridgehead atoms. The Bertz CT molecular complexity index is 305. The minimum absolute atomic E-state index is 0.202. The fourth-order valence-corrected chi connectivity index (χ4v) is 0.984. The van der Waals surface area contributed by atoms with Crippen LogP contribution >= 0.6 is 0 Å². The van der Waals surface area contributed by atoms with Crippen LogP contribution < -0.4 is 10.5 Å². The molecule has 1 rings (SSSR count). The predicted octanol–water partition coefficient (Wildman–Crippen LogP) is 1.49. The minimum Gasteiger partial charge on any atom is -0.471 e. The first-order valence-electron chi connectivity index (χ1n) is 4.21. The number of nitrogens with zero attached hydrogens (tertiary/aromatic N) is 1. The number of nitrogens with two attached hydrogens (primary N) is 1. The van der Waals surface area contributed by atoms with Gasteiger partial charge in [0, 0.05) is 17.8 Å². The average Bonchev–Trinajstić information content (AvgIpc) is 2.15. The van der Waals surface area contributed by atoms with Crippen molar-refractivity contribution < 1.29 is 13.5 Å². The number of aryl methyl sites for hydroxylation is 1. The van der Waals surface area contributed by atoms with Crippen LogP contribution in [0.2, 0.25) is 0 Å². The van der Waals surface area contributed by atoms with E-state index in [1.807, 2.05) is 0 Å². The lowest BCUT2D eigenvalue weighted by atomic mass is 10.2. The fourth-order valence-electron chi connectivity index (χ4n) is 0.984. The molecule has 14 heavy (non-hydrogen) atoms. The topological polar surface area (TPSA) is 48.1 Å². The van der Waals surface area contributed by atoms with Crippen LogP contribution in [0.4, 0.5) is 8.78 Å². The molecule has 78 valence electrons. The highest BCUT2D eigenvalue weighted by Crippen LogP contribution is 2.15. The molecule has 0 fully saturated rings. The second kappa shape index (κ2) is 4.85. The average molecular weight is 202 g/mol. The third-order valence-corrected chi connectivity index (χ3v) is 1.64. The molecule has 1 heterocycles. The van der Waals surface area contributed by atoms with Crippen molar-refractivity contribution in [2.75, 3.05) is 6.61 Å². The van der Waals surface area contributed by atoms with Crippen molar-refractivity contribution in [2.24, 2.45) is 5.73 Å². The second-order valence-electron chi connectivity index (χ2n) is 2.82. The van der Waals surface area contributed by atoms with Crippen molar-refractivity contribution in [2.45, 2.75) is 19.9 Å². The molecule has 0 saturated heterocycles. The zero-order valence-corrected chi connectivity index (χ0v) is 7.84. The molecule has 0 aliphatic heterocycles. The first-order chi connectivity index (χ1) is 6.63. The Kier molecular flexibility index (Phi) is 3.76. The summed E-state index contributed by atoms with van der Waals surface area (Å²) in [7, 11) is 0. The Morgan fingerprint density at radius 1 is 1.50 bits per heavy atom. The number of hydrogen-bond acceptors (Lipinski definition) is 3. The van der Waals surface area contributed by atoms with Crippen molar-refractivity contribution in [1.82, 2.24) is 4.98 Å². The van der Waals surface area contributed by atoms with Crippen molar-refractivity contribution in [3.63, 3.8) is 0 Å². The van der Waals surface area contributed by atoms with Gasteiger partial charge in [-0.1, -0.05) is 6.07 Å². The summed E-state index contributed by atoms with van der Waals surface area (Å²) in [5.41, 5.74) is 6.75. The minimum atomic E-state index is -2.50. The van der Waals surface area contributed by atoms with Gasteiger partial charge in [0.2, 0.25) is 5.88 Å². The van der Waals surface area contributed by atoms with E-state index in [0.29, 0.717) is 11.3 Å². The first kappa shape index (κ1) is 10.8. The standard InChI is InChI=1S/C9H12F2N2O/c1-6-2-3-7(4-12)9(13-6)14-5-8(10)11/h2-3,8H,4-5,12H2,1H3. The monoisotopic (exact) mass is 202 g/mol. The number of aromatic nitrogens is 1. The van der Waals surface area contributed by atoms with Crippen LogP contribution in [0.5, 0.6) is 5.88 Å². The largest absolute Gasteiger partial charge is 0.471 e. The van der Waals surface area contributed by atoms with Gasteiger partial charge in [-0.05, 0) is 13.0 Å². The first-order valence-corrected chi connectivity index (χ1v) is 4.21. The Hall–Kier alpha value is -1.23. The maximum atomic E-state index is 11.9. The molecule has 1 aromatic rings. The summed E-state index contributed by atoms with van der Waals surface area (Å²) in [4.78, 5) is 3.98. The van der Waals surface area contributed by atoms with Crippen molar-refractivity contribution in [1.29, 1.82) is 0 Å². The van der Waals surface area contributed by atoms with Gasteiger partial charge in [-0.3, -0.25) is 0 Å². The summed E-state index contributed by atoms with van der Waals surface area (Å²) in [5.74, 6) is 0.202. The van der Waals surface area contributed by atoms with Crippen molar-refractivity contribution in [3.05, 3.63) is 23.4 Å². The SMILES string of the molecule is Cc1ccc(CN)c(OCC(F)F)n1. The van der Waals surface area contributed by atoms with Gasteiger partial charge >= 0.3 is 0 Å². The lowest BCUT2D eigenvalue weighted by Gasteiger charge is -2.09. The zero-order chi connectivity index (χ0) is 10.6. The van der Waals surface area contributed by atoms with Gasteiger partial charge in [0.05, 0.1) is 0 Å². The number of pyridine rings is 1. The number of hydrogen-bond donors (Lipinski definition) is 1. The summed E-state index contributed by atoms with van der Waals surface area (Å²) in [6, 6.07) is 3.49. The normalized spacial score (nSPS) is 10.6. The maximum Gasteiger partial charge on any atom is 0.272 e. The van der Waals surface area contributed by atoms with E-state index in [4.69, 9.17) is 10.5 Å². The van der Waals surface area contributed by atoms with E-state index in [9.17, 15) is 8.78 Å². The van der Waals surface area contributed by atoms with Crippen molar-refractivity contribution in [3.8, 4) is 5.88 Å². The third kappa shape index (κ3) is 2.92. The number of alkyl halides is 2. The molecule has 0 unspecified atom stereocenters. The van der Waals surface area contributed by atoms with E-state index < -0.39 is 13.0 Å². The highest BCUT2D eigenvalue weighted by Gasteiger charge is 2.08. The van der Waals surface area contributed by atoms with Crippen molar-refractivity contribution >= 4 is 0 Å². The number of halogens is 2. The lowest BCUT2D eigenvalue weighted by molar-refractivity contribution is 0.0790. The Labute approximate surface area is 80.9 Å². The van der Waals surface area contributed by atoms with Gasteiger partial charge in [-0.25, -0.2) is 13.8 Å². The molecule has 0 atom stereocenters. The number of rotatable bonds is 4. The molecular formula is C9H12F2N2O. The van der Waals surface area contributed by atoms with Crippen LogP contribution in [-0.2, 0) is 6.54 Å². The van der Waals surface area contributed by atoms with Crippen LogP contribution in [0.15, 0.2) is 12.1 Å². The molecule has 5 heteroatoms. The molecule has 0 aliphatic rings. The molecule has 2 N–H and O–H groups in total. The summed E-state index contributed by atoms with van der Waals surface area (Å²) in [6.07, 6.45) is -2.50. The summed E-state index contributed by atoms with van der Waals surface area (Å²) < 4.78 is 28.6. The smallest absolute Gasteiger partial charge is 0.272 e. The van der Waals surface area contributed by atoms with E-state index in [-0.39, 0.29) is 12.4 Å². The van der Waals surface area contributed by atoms with Crippen LogP contribution in [-0.4, -0.2) is 18.0 Å².